The second-order valence-electron chi connectivity index (χ2n) is 8.52. The van der Waals surface area contributed by atoms with Gasteiger partial charge in [-0.05, 0) is 48.2 Å². The van der Waals surface area contributed by atoms with E-state index in [0.29, 0.717) is 17.0 Å². The highest BCUT2D eigenvalue weighted by molar-refractivity contribution is 5.66. The van der Waals surface area contributed by atoms with Crippen LogP contribution in [0.15, 0.2) is 85.2 Å². The van der Waals surface area contributed by atoms with Crippen molar-refractivity contribution in [1.82, 2.24) is 9.97 Å². The largest absolute Gasteiger partial charge is 0.497 e. The van der Waals surface area contributed by atoms with E-state index in [1.54, 1.807) is 36.4 Å². The van der Waals surface area contributed by atoms with Gasteiger partial charge in [0.05, 0.1) is 25.2 Å². The lowest BCUT2D eigenvalue weighted by Crippen LogP contribution is -2.26. The van der Waals surface area contributed by atoms with E-state index in [9.17, 15) is 13.2 Å². The van der Waals surface area contributed by atoms with E-state index in [-0.39, 0.29) is 17.5 Å². The summed E-state index contributed by atoms with van der Waals surface area (Å²) in [7, 11) is 1.53. The quantitative estimate of drug-likeness (QED) is 0.308. The molecule has 0 aliphatic carbocycles. The van der Waals surface area contributed by atoms with Gasteiger partial charge in [-0.2, -0.15) is 13.2 Å². The molecule has 0 bridgehead atoms. The molecule has 2 N–H and O–H groups in total. The van der Waals surface area contributed by atoms with Crippen LogP contribution in [-0.4, -0.2) is 29.3 Å². The van der Waals surface area contributed by atoms with Crippen LogP contribution < -0.4 is 15.2 Å². The van der Waals surface area contributed by atoms with E-state index in [1.807, 2.05) is 31.2 Å². The molecule has 36 heavy (non-hydrogen) atoms. The highest BCUT2D eigenvalue weighted by atomic mass is 19.4. The Morgan fingerprint density at radius 2 is 1.56 bits per heavy atom. The van der Waals surface area contributed by atoms with Crippen LogP contribution in [-0.2, 0) is 6.42 Å². The van der Waals surface area contributed by atoms with E-state index in [1.165, 1.54) is 31.6 Å². The maximum atomic E-state index is 14.0. The lowest BCUT2D eigenvalue weighted by Gasteiger charge is -2.22. The number of ether oxygens (including phenoxy) is 2. The summed E-state index contributed by atoms with van der Waals surface area (Å²) < 4.78 is 52.6. The molecule has 0 amide bonds. The summed E-state index contributed by atoms with van der Waals surface area (Å²) in [5, 5.41) is 0. The minimum Gasteiger partial charge on any atom is -0.497 e. The minimum absolute atomic E-state index is 0.0431. The number of rotatable bonds is 8. The zero-order valence-corrected chi connectivity index (χ0v) is 19.9. The van der Waals surface area contributed by atoms with Crippen LogP contribution >= 0.6 is 0 Å². The van der Waals surface area contributed by atoms with Gasteiger partial charge < -0.3 is 15.2 Å². The standard InChI is InChI=1S/C28H26F3N3O2/c1-18(32)13-19-9-11-20(12-10-19)25-16-34-26(17-33-25)36-27(28(29,30)31)23-7-3-5-21(14-23)22-6-4-8-24(15-22)35-2/h3-12,14-18,27H,13,32H2,1-2H3/t18-,27?/m0/s1. The van der Waals surface area contributed by atoms with Gasteiger partial charge in [-0.1, -0.05) is 54.6 Å². The topological polar surface area (TPSA) is 70.3 Å². The molecule has 0 spiro atoms. The van der Waals surface area contributed by atoms with Crippen molar-refractivity contribution in [2.45, 2.75) is 31.7 Å². The molecule has 1 unspecified atom stereocenters. The number of benzene rings is 3. The first-order valence-electron chi connectivity index (χ1n) is 11.4. The van der Waals surface area contributed by atoms with Crippen LogP contribution in [0.5, 0.6) is 11.6 Å². The van der Waals surface area contributed by atoms with Gasteiger partial charge in [-0.3, -0.25) is 0 Å². The van der Waals surface area contributed by atoms with Crippen LogP contribution in [0.1, 0.15) is 24.2 Å². The van der Waals surface area contributed by atoms with Crippen LogP contribution in [0.25, 0.3) is 22.4 Å². The molecule has 0 aliphatic rings. The molecule has 0 radical (unpaired) electrons. The van der Waals surface area contributed by atoms with Gasteiger partial charge in [0.25, 0.3) is 0 Å². The van der Waals surface area contributed by atoms with Crippen LogP contribution in [0, 0.1) is 0 Å². The number of hydrogen-bond acceptors (Lipinski definition) is 5. The molecule has 1 aromatic heterocycles. The second kappa shape index (κ2) is 10.8. The molecule has 0 saturated carbocycles. The summed E-state index contributed by atoms with van der Waals surface area (Å²) in [6, 6.07) is 20.9. The molecule has 0 aliphatic heterocycles. The Morgan fingerprint density at radius 1 is 0.861 bits per heavy atom. The predicted molar refractivity (Wildman–Crippen MR) is 133 cm³/mol. The Bertz CT molecular complexity index is 1290. The SMILES string of the molecule is COc1cccc(-c2cccc(C(Oc3cnc(-c4ccc(C[C@H](C)N)cc4)cn3)C(F)(F)F)c2)c1. The molecule has 5 nitrogen and oxygen atoms in total. The second-order valence-corrected chi connectivity index (χ2v) is 8.52. The highest BCUT2D eigenvalue weighted by Crippen LogP contribution is 2.38. The third-order valence-corrected chi connectivity index (χ3v) is 5.56. The van der Waals surface area contributed by atoms with E-state index in [2.05, 4.69) is 9.97 Å². The van der Waals surface area contributed by atoms with E-state index < -0.39 is 12.3 Å². The maximum absolute atomic E-state index is 14.0. The molecule has 0 saturated heterocycles. The van der Waals surface area contributed by atoms with E-state index >= 15 is 0 Å². The van der Waals surface area contributed by atoms with Gasteiger partial charge in [-0.15, -0.1) is 0 Å². The molecule has 8 heteroatoms. The summed E-state index contributed by atoms with van der Waals surface area (Å²) in [6.45, 7) is 1.93. The Balaban J connectivity index is 1.56. The average Bonchev–Trinajstić information content (AvgIpc) is 2.87. The van der Waals surface area contributed by atoms with Crippen molar-refractivity contribution < 1.29 is 22.6 Å². The molecular formula is C28H26F3N3O2. The minimum atomic E-state index is -4.66. The third-order valence-electron chi connectivity index (χ3n) is 5.56. The molecule has 3 aromatic carbocycles. The van der Waals surface area contributed by atoms with Gasteiger partial charge in [0.15, 0.2) is 0 Å². The fourth-order valence-corrected chi connectivity index (χ4v) is 3.84. The highest BCUT2D eigenvalue weighted by Gasteiger charge is 2.43. The van der Waals surface area contributed by atoms with Gasteiger partial charge in [0, 0.05) is 17.2 Å². The Labute approximate surface area is 207 Å². The van der Waals surface area contributed by atoms with Crippen molar-refractivity contribution in [3.05, 3.63) is 96.3 Å². The predicted octanol–water partition coefficient (Wildman–Crippen LogP) is 6.39. The summed E-state index contributed by atoms with van der Waals surface area (Å²) in [5.74, 6) is 0.391. The first kappa shape index (κ1) is 25.2. The summed E-state index contributed by atoms with van der Waals surface area (Å²) in [4.78, 5) is 8.35. The first-order valence-corrected chi connectivity index (χ1v) is 11.4. The lowest BCUT2D eigenvalue weighted by molar-refractivity contribution is -0.198. The van der Waals surface area contributed by atoms with E-state index in [4.69, 9.17) is 15.2 Å². The molecule has 4 rings (SSSR count). The zero-order valence-electron chi connectivity index (χ0n) is 19.9. The van der Waals surface area contributed by atoms with Gasteiger partial charge in [-0.25, -0.2) is 9.97 Å². The van der Waals surface area contributed by atoms with Gasteiger partial charge in [0.2, 0.25) is 12.0 Å². The zero-order chi connectivity index (χ0) is 25.7. The summed E-state index contributed by atoms with van der Waals surface area (Å²) in [6.07, 6.45) is -3.52. The Hall–Kier alpha value is -3.91. The molecule has 2 atom stereocenters. The number of hydrogen-bond donors (Lipinski definition) is 1. The van der Waals surface area contributed by atoms with Crippen molar-refractivity contribution in [1.29, 1.82) is 0 Å². The molecular weight excluding hydrogens is 467 g/mol. The molecule has 1 heterocycles. The lowest BCUT2D eigenvalue weighted by atomic mass is 10.00. The number of methoxy groups -OCH3 is 1. The van der Waals surface area contributed by atoms with Crippen molar-refractivity contribution in [3.63, 3.8) is 0 Å². The van der Waals surface area contributed by atoms with Crippen LogP contribution in [0.2, 0.25) is 0 Å². The van der Waals surface area contributed by atoms with Crippen molar-refractivity contribution in [3.8, 4) is 34.0 Å². The maximum Gasteiger partial charge on any atom is 0.429 e. The molecule has 186 valence electrons. The summed E-state index contributed by atoms with van der Waals surface area (Å²) >= 11 is 0. The fourth-order valence-electron chi connectivity index (χ4n) is 3.84. The average molecular weight is 494 g/mol. The number of aromatic nitrogens is 2. The monoisotopic (exact) mass is 493 g/mol. The number of nitrogens with two attached hydrogens (primary N) is 1. The summed E-state index contributed by atoms with van der Waals surface area (Å²) in [5.41, 5.74) is 9.53. The van der Waals surface area contributed by atoms with Gasteiger partial charge in [0.1, 0.15) is 5.75 Å². The molecule has 4 aromatic rings. The van der Waals surface area contributed by atoms with Crippen molar-refractivity contribution >= 4 is 0 Å². The number of nitrogens with zero attached hydrogens (tertiary/aromatic N) is 2. The first-order chi connectivity index (χ1) is 17.2. The smallest absolute Gasteiger partial charge is 0.429 e. The third kappa shape index (κ3) is 6.20. The number of alkyl halides is 3. The van der Waals surface area contributed by atoms with Crippen molar-refractivity contribution in [2.24, 2.45) is 5.73 Å². The Morgan fingerprint density at radius 3 is 2.17 bits per heavy atom. The fraction of sp³-hybridized carbons (Fsp3) is 0.214. The van der Waals surface area contributed by atoms with E-state index in [0.717, 1.165) is 23.1 Å². The Kier molecular flexibility index (Phi) is 7.55. The molecule has 0 fully saturated rings. The van der Waals surface area contributed by atoms with Crippen molar-refractivity contribution in [2.75, 3.05) is 7.11 Å². The van der Waals surface area contributed by atoms with Gasteiger partial charge >= 0.3 is 6.18 Å². The normalized spacial score (nSPS) is 13.2. The van der Waals surface area contributed by atoms with Crippen LogP contribution in [0.4, 0.5) is 13.2 Å². The van der Waals surface area contributed by atoms with Crippen LogP contribution in [0.3, 0.4) is 0 Å². The number of halogens is 3.